The van der Waals surface area contributed by atoms with Crippen LogP contribution in [0.5, 0.6) is 0 Å². The van der Waals surface area contributed by atoms with Gasteiger partial charge in [0.05, 0.1) is 6.07 Å². The molecule has 1 aliphatic rings. The van der Waals surface area contributed by atoms with Crippen molar-refractivity contribution in [2.75, 3.05) is 0 Å². The van der Waals surface area contributed by atoms with Crippen LogP contribution in [0.4, 0.5) is 0 Å². The van der Waals surface area contributed by atoms with Gasteiger partial charge in [0.1, 0.15) is 5.41 Å². The van der Waals surface area contributed by atoms with Gasteiger partial charge in [-0.05, 0) is 38.5 Å². The lowest BCUT2D eigenvalue weighted by Gasteiger charge is -2.43. The Kier molecular flexibility index (Phi) is 5.19. The molecule has 102 valence electrons. The molecular formula is C15H26N2O. The molecule has 0 radical (unpaired) electrons. The van der Waals surface area contributed by atoms with Crippen molar-refractivity contribution < 1.29 is 4.79 Å². The van der Waals surface area contributed by atoms with Gasteiger partial charge >= 0.3 is 0 Å². The first kappa shape index (κ1) is 15.0. The van der Waals surface area contributed by atoms with E-state index in [0.29, 0.717) is 12.8 Å². The molecular weight excluding hydrogens is 224 g/mol. The van der Waals surface area contributed by atoms with Gasteiger partial charge in [-0.2, -0.15) is 5.26 Å². The molecule has 0 unspecified atom stereocenters. The van der Waals surface area contributed by atoms with Gasteiger partial charge in [-0.1, -0.05) is 33.6 Å². The Morgan fingerprint density at radius 2 is 1.83 bits per heavy atom. The quantitative estimate of drug-likeness (QED) is 0.751. The maximum absolute atomic E-state index is 12.5. The van der Waals surface area contributed by atoms with E-state index in [-0.39, 0.29) is 11.4 Å². The lowest BCUT2D eigenvalue weighted by molar-refractivity contribution is -0.132. The average molecular weight is 250 g/mol. The molecule has 0 atom stereocenters. The lowest BCUT2D eigenvalue weighted by Crippen LogP contribution is -2.56. The number of carbonyl (C=O) groups is 1. The number of hydrogen-bond donors (Lipinski definition) is 1. The van der Waals surface area contributed by atoms with Crippen molar-refractivity contribution in [2.45, 2.75) is 77.7 Å². The minimum absolute atomic E-state index is 0.0132. The van der Waals surface area contributed by atoms with Crippen LogP contribution in [0.1, 0.15) is 72.1 Å². The second kappa shape index (κ2) is 6.22. The molecule has 0 aromatic heterocycles. The van der Waals surface area contributed by atoms with E-state index in [1.807, 2.05) is 13.8 Å². The molecule has 0 heterocycles. The van der Waals surface area contributed by atoms with Crippen LogP contribution in [0.3, 0.4) is 0 Å². The molecule has 3 heteroatoms. The van der Waals surface area contributed by atoms with Gasteiger partial charge in [-0.15, -0.1) is 0 Å². The van der Waals surface area contributed by atoms with E-state index in [1.165, 1.54) is 6.42 Å². The zero-order chi connectivity index (χ0) is 13.6. The first-order valence-corrected chi connectivity index (χ1v) is 7.32. The highest BCUT2D eigenvalue weighted by molar-refractivity contribution is 5.86. The highest BCUT2D eigenvalue weighted by Gasteiger charge is 2.43. The van der Waals surface area contributed by atoms with Crippen LogP contribution in [-0.2, 0) is 4.79 Å². The summed E-state index contributed by atoms with van der Waals surface area (Å²) >= 11 is 0. The fourth-order valence-corrected chi connectivity index (χ4v) is 2.90. The topological polar surface area (TPSA) is 52.9 Å². The van der Waals surface area contributed by atoms with E-state index < -0.39 is 5.41 Å². The van der Waals surface area contributed by atoms with E-state index in [0.717, 1.165) is 32.1 Å². The maximum atomic E-state index is 12.5. The molecule has 0 saturated heterocycles. The molecule has 1 fully saturated rings. The van der Waals surface area contributed by atoms with Crippen LogP contribution in [0.2, 0.25) is 0 Å². The molecule has 1 amide bonds. The van der Waals surface area contributed by atoms with Crippen molar-refractivity contribution >= 4 is 5.91 Å². The number of nitrogens with one attached hydrogen (secondary N) is 1. The van der Waals surface area contributed by atoms with E-state index in [9.17, 15) is 10.1 Å². The summed E-state index contributed by atoms with van der Waals surface area (Å²) in [6.07, 6.45) is 7.38. The number of rotatable bonds is 7. The van der Waals surface area contributed by atoms with Gasteiger partial charge in [0.15, 0.2) is 0 Å². The summed E-state index contributed by atoms with van der Waals surface area (Å²) < 4.78 is 0. The number of hydrogen-bond acceptors (Lipinski definition) is 2. The Balaban J connectivity index is 2.79. The molecule has 3 nitrogen and oxygen atoms in total. The van der Waals surface area contributed by atoms with Crippen molar-refractivity contribution in [3.05, 3.63) is 0 Å². The first-order valence-electron chi connectivity index (χ1n) is 7.32. The van der Waals surface area contributed by atoms with Crippen LogP contribution in [0.15, 0.2) is 0 Å². The molecule has 0 aliphatic heterocycles. The molecule has 1 aliphatic carbocycles. The third-order valence-electron chi connectivity index (χ3n) is 4.37. The summed E-state index contributed by atoms with van der Waals surface area (Å²) in [6.45, 7) is 6.19. The van der Waals surface area contributed by atoms with Crippen LogP contribution in [0.25, 0.3) is 0 Å². The highest BCUT2D eigenvalue weighted by atomic mass is 16.2. The first-order chi connectivity index (χ1) is 8.58. The largest absolute Gasteiger partial charge is 0.349 e. The summed E-state index contributed by atoms with van der Waals surface area (Å²) in [5.74, 6) is -0.0322. The molecule has 1 rings (SSSR count). The average Bonchev–Trinajstić information content (AvgIpc) is 2.33. The molecule has 1 saturated carbocycles. The normalized spacial score (nSPS) is 17.7. The standard InChI is InChI=1S/C15H26N2O/c1-4-8-14(12-16,9-5-2)13(18)17-15(6-3)10-7-11-15/h4-11H2,1-3H3,(H,17,18). The van der Waals surface area contributed by atoms with E-state index in [4.69, 9.17) is 0 Å². The Morgan fingerprint density at radius 1 is 1.28 bits per heavy atom. The van der Waals surface area contributed by atoms with Crippen LogP contribution in [-0.4, -0.2) is 11.4 Å². The minimum atomic E-state index is -0.804. The third kappa shape index (κ3) is 2.85. The van der Waals surface area contributed by atoms with Crippen LogP contribution < -0.4 is 5.32 Å². The van der Waals surface area contributed by atoms with Gasteiger partial charge in [0.25, 0.3) is 0 Å². The predicted octanol–water partition coefficient (Wildman–Crippen LogP) is 3.55. The molecule has 18 heavy (non-hydrogen) atoms. The van der Waals surface area contributed by atoms with Gasteiger partial charge in [0.2, 0.25) is 5.91 Å². The van der Waals surface area contributed by atoms with Crippen molar-refractivity contribution in [2.24, 2.45) is 5.41 Å². The van der Waals surface area contributed by atoms with Gasteiger partial charge in [-0.25, -0.2) is 0 Å². The number of amides is 1. The number of nitriles is 1. The van der Waals surface area contributed by atoms with Gasteiger partial charge < -0.3 is 5.32 Å². The Bertz CT molecular complexity index is 314. The molecule has 0 spiro atoms. The second-order valence-electron chi connectivity index (χ2n) is 5.64. The highest BCUT2D eigenvalue weighted by Crippen LogP contribution is 2.37. The fraction of sp³-hybridized carbons (Fsp3) is 0.867. The van der Waals surface area contributed by atoms with E-state index in [1.54, 1.807) is 0 Å². The Morgan fingerprint density at radius 3 is 2.11 bits per heavy atom. The number of nitrogens with zero attached hydrogens (tertiary/aromatic N) is 1. The molecule has 0 bridgehead atoms. The predicted molar refractivity (Wildman–Crippen MR) is 72.9 cm³/mol. The molecule has 0 aromatic carbocycles. The summed E-state index contributed by atoms with van der Waals surface area (Å²) in [6, 6.07) is 2.30. The summed E-state index contributed by atoms with van der Waals surface area (Å²) in [5.41, 5.74) is -0.818. The second-order valence-corrected chi connectivity index (χ2v) is 5.64. The SMILES string of the molecule is CCCC(C#N)(CCC)C(=O)NC1(CC)CCC1. The van der Waals surface area contributed by atoms with Gasteiger partial charge in [0, 0.05) is 5.54 Å². The third-order valence-corrected chi connectivity index (χ3v) is 4.37. The Hall–Kier alpha value is -1.04. The van der Waals surface area contributed by atoms with Crippen LogP contribution in [0, 0.1) is 16.7 Å². The molecule has 0 aromatic rings. The van der Waals surface area contributed by atoms with Crippen LogP contribution >= 0.6 is 0 Å². The fourth-order valence-electron chi connectivity index (χ4n) is 2.90. The monoisotopic (exact) mass is 250 g/mol. The zero-order valence-electron chi connectivity index (χ0n) is 12.0. The van der Waals surface area contributed by atoms with Crippen molar-refractivity contribution in [3.8, 4) is 6.07 Å². The smallest absolute Gasteiger partial charge is 0.240 e. The van der Waals surface area contributed by atoms with E-state index >= 15 is 0 Å². The maximum Gasteiger partial charge on any atom is 0.240 e. The summed E-state index contributed by atoms with van der Waals surface area (Å²) in [4.78, 5) is 12.5. The lowest BCUT2D eigenvalue weighted by atomic mass is 9.72. The zero-order valence-corrected chi connectivity index (χ0v) is 12.0. The molecule has 1 N–H and O–H groups in total. The van der Waals surface area contributed by atoms with Crippen molar-refractivity contribution in [1.29, 1.82) is 5.26 Å². The summed E-state index contributed by atoms with van der Waals surface area (Å²) in [7, 11) is 0. The summed E-state index contributed by atoms with van der Waals surface area (Å²) in [5, 5.41) is 12.6. The van der Waals surface area contributed by atoms with Gasteiger partial charge in [-0.3, -0.25) is 4.79 Å². The van der Waals surface area contributed by atoms with Crippen molar-refractivity contribution in [3.63, 3.8) is 0 Å². The van der Waals surface area contributed by atoms with E-state index in [2.05, 4.69) is 18.3 Å². The van der Waals surface area contributed by atoms with Crippen molar-refractivity contribution in [1.82, 2.24) is 5.32 Å². The number of carbonyl (C=O) groups excluding carboxylic acids is 1. The Labute approximate surface area is 111 Å². The minimum Gasteiger partial charge on any atom is -0.349 e.